The van der Waals surface area contributed by atoms with Crippen LogP contribution in [-0.2, 0) is 12.8 Å². The molecule has 0 fully saturated rings. The van der Waals surface area contributed by atoms with Crippen molar-refractivity contribution >= 4 is 5.69 Å². The molecule has 3 nitrogen and oxygen atoms in total. The number of anilines is 1. The van der Waals surface area contributed by atoms with Crippen molar-refractivity contribution in [2.75, 3.05) is 25.9 Å². The number of aryl methyl sites for hydroxylation is 1. The fraction of sp³-hybridized carbons (Fsp3) is 0.333. The normalized spacial score (nSPS) is 10.5. The van der Waals surface area contributed by atoms with E-state index in [2.05, 4.69) is 41.7 Å². The molecule has 2 rings (SSSR count). The van der Waals surface area contributed by atoms with E-state index in [4.69, 9.17) is 10.5 Å². The van der Waals surface area contributed by atoms with Crippen LogP contribution in [0.1, 0.15) is 17.5 Å². The van der Waals surface area contributed by atoms with Crippen molar-refractivity contribution in [2.24, 2.45) is 0 Å². The molecule has 21 heavy (non-hydrogen) atoms. The molecule has 0 unspecified atom stereocenters. The predicted molar refractivity (Wildman–Crippen MR) is 88.7 cm³/mol. The van der Waals surface area contributed by atoms with E-state index in [0.29, 0.717) is 5.69 Å². The molecule has 0 aliphatic rings. The summed E-state index contributed by atoms with van der Waals surface area (Å²) in [7, 11) is 1.64. The summed E-state index contributed by atoms with van der Waals surface area (Å²) in [6, 6.07) is 16.6. The molecule has 3 heteroatoms. The van der Waals surface area contributed by atoms with Crippen LogP contribution in [0.4, 0.5) is 5.69 Å². The van der Waals surface area contributed by atoms with Gasteiger partial charge in [0, 0.05) is 0 Å². The molecule has 0 aliphatic carbocycles. The monoisotopic (exact) mass is 284 g/mol. The van der Waals surface area contributed by atoms with E-state index in [-0.39, 0.29) is 0 Å². The Hall–Kier alpha value is -2.00. The third-order valence-electron chi connectivity index (χ3n) is 3.55. The SMILES string of the molecule is COc1ccc(CCCNCCc2ccccc2)cc1N. The van der Waals surface area contributed by atoms with Crippen molar-refractivity contribution in [1.82, 2.24) is 5.32 Å². The highest BCUT2D eigenvalue weighted by Crippen LogP contribution is 2.22. The van der Waals surface area contributed by atoms with Crippen LogP contribution < -0.4 is 15.8 Å². The fourth-order valence-electron chi connectivity index (χ4n) is 2.36. The van der Waals surface area contributed by atoms with Crippen LogP contribution >= 0.6 is 0 Å². The van der Waals surface area contributed by atoms with Gasteiger partial charge in [-0.05, 0) is 55.6 Å². The number of ether oxygens (including phenoxy) is 1. The maximum absolute atomic E-state index is 5.91. The highest BCUT2D eigenvalue weighted by molar-refractivity contribution is 5.54. The minimum absolute atomic E-state index is 0.715. The van der Waals surface area contributed by atoms with Crippen molar-refractivity contribution in [3.8, 4) is 5.75 Å². The van der Waals surface area contributed by atoms with Crippen LogP contribution in [0.5, 0.6) is 5.75 Å². The van der Waals surface area contributed by atoms with Crippen molar-refractivity contribution in [3.63, 3.8) is 0 Å². The van der Waals surface area contributed by atoms with Crippen molar-refractivity contribution < 1.29 is 4.74 Å². The molecule has 2 aromatic rings. The molecule has 2 aromatic carbocycles. The standard InChI is InChI=1S/C18H24N2O/c1-21-18-10-9-16(14-17(18)19)8-5-12-20-13-11-15-6-3-2-4-7-15/h2-4,6-7,9-10,14,20H,5,8,11-13,19H2,1H3. The van der Waals surface area contributed by atoms with Gasteiger partial charge in [0.25, 0.3) is 0 Å². The lowest BCUT2D eigenvalue weighted by Crippen LogP contribution is -2.19. The van der Waals surface area contributed by atoms with Gasteiger partial charge in [-0.3, -0.25) is 0 Å². The first kappa shape index (κ1) is 15.4. The van der Waals surface area contributed by atoms with E-state index in [1.54, 1.807) is 7.11 Å². The zero-order chi connectivity index (χ0) is 14.9. The van der Waals surface area contributed by atoms with Gasteiger partial charge < -0.3 is 15.8 Å². The zero-order valence-electron chi connectivity index (χ0n) is 12.6. The molecule has 0 radical (unpaired) electrons. The highest BCUT2D eigenvalue weighted by Gasteiger charge is 2.00. The van der Waals surface area contributed by atoms with Crippen LogP contribution in [0.25, 0.3) is 0 Å². The summed E-state index contributed by atoms with van der Waals surface area (Å²) in [5, 5.41) is 3.49. The van der Waals surface area contributed by atoms with Gasteiger partial charge in [0.2, 0.25) is 0 Å². The summed E-state index contributed by atoms with van der Waals surface area (Å²) < 4.78 is 5.16. The summed E-state index contributed by atoms with van der Waals surface area (Å²) in [5.74, 6) is 0.750. The average molecular weight is 284 g/mol. The Labute approximate surface area is 127 Å². The van der Waals surface area contributed by atoms with Gasteiger partial charge in [-0.1, -0.05) is 36.4 Å². The third-order valence-corrected chi connectivity index (χ3v) is 3.55. The van der Waals surface area contributed by atoms with Gasteiger partial charge in [0.15, 0.2) is 0 Å². The Morgan fingerprint density at radius 2 is 1.76 bits per heavy atom. The lowest BCUT2D eigenvalue weighted by molar-refractivity contribution is 0.417. The van der Waals surface area contributed by atoms with Gasteiger partial charge in [-0.15, -0.1) is 0 Å². The molecule has 3 N–H and O–H groups in total. The number of benzene rings is 2. The number of methoxy groups -OCH3 is 1. The zero-order valence-corrected chi connectivity index (χ0v) is 12.6. The second-order valence-corrected chi connectivity index (χ2v) is 5.17. The number of rotatable bonds is 8. The van der Waals surface area contributed by atoms with Crippen molar-refractivity contribution in [1.29, 1.82) is 0 Å². The Morgan fingerprint density at radius 1 is 0.952 bits per heavy atom. The second-order valence-electron chi connectivity index (χ2n) is 5.17. The van der Waals surface area contributed by atoms with E-state index in [9.17, 15) is 0 Å². The quantitative estimate of drug-likeness (QED) is 0.578. The first-order chi connectivity index (χ1) is 10.3. The minimum Gasteiger partial charge on any atom is -0.495 e. The molecule has 0 amide bonds. The number of hydrogen-bond acceptors (Lipinski definition) is 3. The summed E-state index contributed by atoms with van der Waals surface area (Å²) in [4.78, 5) is 0. The van der Waals surface area contributed by atoms with Gasteiger partial charge in [-0.2, -0.15) is 0 Å². The van der Waals surface area contributed by atoms with Crippen molar-refractivity contribution in [2.45, 2.75) is 19.3 Å². The topological polar surface area (TPSA) is 47.3 Å². The van der Waals surface area contributed by atoms with Crippen LogP contribution in [-0.4, -0.2) is 20.2 Å². The molecule has 0 aromatic heterocycles. The smallest absolute Gasteiger partial charge is 0.141 e. The Morgan fingerprint density at radius 3 is 2.48 bits per heavy atom. The second kappa shape index (κ2) is 8.32. The van der Waals surface area contributed by atoms with E-state index in [1.807, 2.05) is 12.1 Å². The van der Waals surface area contributed by atoms with E-state index in [0.717, 1.165) is 38.1 Å². The van der Waals surface area contributed by atoms with Gasteiger partial charge in [-0.25, -0.2) is 0 Å². The molecular weight excluding hydrogens is 260 g/mol. The van der Waals surface area contributed by atoms with E-state index < -0.39 is 0 Å². The molecule has 112 valence electrons. The summed E-state index contributed by atoms with van der Waals surface area (Å²) in [6.07, 6.45) is 3.23. The number of nitrogen functional groups attached to an aromatic ring is 1. The van der Waals surface area contributed by atoms with E-state index in [1.165, 1.54) is 11.1 Å². The average Bonchev–Trinajstić information content (AvgIpc) is 2.52. The predicted octanol–water partition coefficient (Wildman–Crippen LogP) is 3.04. The molecule has 0 spiro atoms. The third kappa shape index (κ3) is 5.12. The number of hydrogen-bond donors (Lipinski definition) is 2. The summed E-state index contributed by atoms with van der Waals surface area (Å²) >= 11 is 0. The molecule has 0 saturated carbocycles. The lowest BCUT2D eigenvalue weighted by atomic mass is 10.1. The van der Waals surface area contributed by atoms with E-state index >= 15 is 0 Å². The molecule has 0 bridgehead atoms. The first-order valence-electron chi connectivity index (χ1n) is 7.46. The fourth-order valence-corrected chi connectivity index (χ4v) is 2.36. The van der Waals surface area contributed by atoms with Gasteiger partial charge in [0.1, 0.15) is 5.75 Å². The summed E-state index contributed by atoms with van der Waals surface area (Å²) in [5.41, 5.74) is 9.27. The summed E-state index contributed by atoms with van der Waals surface area (Å²) in [6.45, 7) is 2.05. The van der Waals surface area contributed by atoms with Crippen molar-refractivity contribution in [3.05, 3.63) is 59.7 Å². The maximum Gasteiger partial charge on any atom is 0.141 e. The lowest BCUT2D eigenvalue weighted by Gasteiger charge is -2.08. The van der Waals surface area contributed by atoms with Crippen LogP contribution in [0.2, 0.25) is 0 Å². The maximum atomic E-state index is 5.91. The van der Waals surface area contributed by atoms with Gasteiger partial charge in [0.05, 0.1) is 12.8 Å². The van der Waals surface area contributed by atoms with Crippen LogP contribution in [0, 0.1) is 0 Å². The minimum atomic E-state index is 0.715. The molecule has 0 saturated heterocycles. The van der Waals surface area contributed by atoms with Crippen LogP contribution in [0.15, 0.2) is 48.5 Å². The molecule has 0 atom stereocenters. The largest absolute Gasteiger partial charge is 0.495 e. The number of nitrogens with two attached hydrogens (primary N) is 1. The van der Waals surface area contributed by atoms with Crippen LogP contribution in [0.3, 0.4) is 0 Å². The molecule has 0 heterocycles. The first-order valence-corrected chi connectivity index (χ1v) is 7.46. The molecular formula is C18H24N2O. The highest BCUT2D eigenvalue weighted by atomic mass is 16.5. The number of nitrogens with one attached hydrogen (secondary N) is 1. The Kier molecular flexibility index (Phi) is 6.10. The Balaban J connectivity index is 1.62. The molecule has 0 aliphatic heterocycles. The Bertz CT molecular complexity index is 540. The van der Waals surface area contributed by atoms with Gasteiger partial charge >= 0.3 is 0 Å².